The lowest BCUT2D eigenvalue weighted by atomic mass is 9.97. The molecule has 1 heterocycles. The largest absolute Gasteiger partial charge is 0.439 e. The van der Waals surface area contributed by atoms with Gasteiger partial charge in [-0.15, -0.1) is 0 Å². The molecule has 0 saturated heterocycles. The SMILES string of the molecule is O=C(NCCC1=CCCCC1)c1cccc(Oc2cc(-c3ccc(F)cc3)ncn2)c1. The third kappa shape index (κ3) is 5.75. The number of allylic oxidation sites excluding steroid dienone is 1. The topological polar surface area (TPSA) is 64.1 Å². The molecule has 1 aliphatic carbocycles. The van der Waals surface area contributed by atoms with Gasteiger partial charge in [0.25, 0.3) is 5.91 Å². The highest BCUT2D eigenvalue weighted by molar-refractivity contribution is 5.94. The van der Waals surface area contributed by atoms with E-state index in [1.165, 1.54) is 36.9 Å². The van der Waals surface area contributed by atoms with Gasteiger partial charge in [0.15, 0.2) is 0 Å². The molecule has 1 N–H and O–H groups in total. The fourth-order valence-electron chi connectivity index (χ4n) is 3.57. The lowest BCUT2D eigenvalue weighted by Gasteiger charge is -2.13. The molecule has 1 amide bonds. The Morgan fingerprint density at radius 2 is 1.94 bits per heavy atom. The standard InChI is InChI=1S/C25H24FN3O2/c26-21-11-9-19(10-12-21)23-16-24(29-17-28-23)31-22-8-4-7-20(15-22)25(30)27-14-13-18-5-2-1-3-6-18/h4-5,7-12,15-17H,1-3,6,13-14H2,(H,27,30). The second-order valence-electron chi connectivity index (χ2n) is 7.49. The van der Waals surface area contributed by atoms with Crippen molar-refractivity contribution in [2.24, 2.45) is 0 Å². The van der Waals surface area contributed by atoms with E-state index in [9.17, 15) is 9.18 Å². The molecule has 2 aromatic carbocycles. The maximum Gasteiger partial charge on any atom is 0.251 e. The van der Waals surface area contributed by atoms with Crippen LogP contribution in [0.5, 0.6) is 11.6 Å². The zero-order chi connectivity index (χ0) is 21.5. The van der Waals surface area contributed by atoms with Gasteiger partial charge >= 0.3 is 0 Å². The van der Waals surface area contributed by atoms with Crippen LogP contribution >= 0.6 is 0 Å². The van der Waals surface area contributed by atoms with E-state index in [0.29, 0.717) is 29.4 Å². The van der Waals surface area contributed by atoms with Gasteiger partial charge in [0.05, 0.1) is 5.69 Å². The van der Waals surface area contributed by atoms with Crippen molar-refractivity contribution in [1.29, 1.82) is 0 Å². The zero-order valence-electron chi connectivity index (χ0n) is 17.2. The molecule has 0 saturated carbocycles. The molecule has 158 valence electrons. The van der Waals surface area contributed by atoms with Crippen molar-refractivity contribution in [2.75, 3.05) is 6.54 Å². The van der Waals surface area contributed by atoms with Crippen LogP contribution in [0.15, 0.2) is 72.6 Å². The van der Waals surface area contributed by atoms with Gasteiger partial charge in [-0.25, -0.2) is 14.4 Å². The van der Waals surface area contributed by atoms with Gasteiger partial charge in [-0.2, -0.15) is 0 Å². The highest BCUT2D eigenvalue weighted by Crippen LogP contribution is 2.25. The molecular formula is C25H24FN3O2. The number of halogens is 1. The molecule has 0 aliphatic heterocycles. The van der Waals surface area contributed by atoms with Crippen molar-refractivity contribution in [3.05, 3.63) is 84.0 Å². The van der Waals surface area contributed by atoms with Gasteiger partial charge in [0.2, 0.25) is 5.88 Å². The van der Waals surface area contributed by atoms with Crippen molar-refractivity contribution < 1.29 is 13.9 Å². The van der Waals surface area contributed by atoms with Crippen LogP contribution in [-0.4, -0.2) is 22.4 Å². The Kier molecular flexibility index (Phi) is 6.67. The summed E-state index contributed by atoms with van der Waals surface area (Å²) in [6.45, 7) is 0.628. The highest BCUT2D eigenvalue weighted by atomic mass is 19.1. The number of nitrogens with one attached hydrogen (secondary N) is 1. The Balaban J connectivity index is 1.39. The molecule has 0 bridgehead atoms. The van der Waals surface area contributed by atoms with E-state index in [2.05, 4.69) is 21.4 Å². The minimum absolute atomic E-state index is 0.128. The predicted molar refractivity (Wildman–Crippen MR) is 117 cm³/mol. The maximum absolute atomic E-state index is 13.2. The number of ether oxygens (including phenoxy) is 1. The second-order valence-corrected chi connectivity index (χ2v) is 7.49. The molecule has 0 radical (unpaired) electrons. The third-order valence-electron chi connectivity index (χ3n) is 5.22. The average molecular weight is 417 g/mol. The molecule has 1 aromatic heterocycles. The number of aromatic nitrogens is 2. The van der Waals surface area contributed by atoms with Gasteiger partial charge in [0, 0.05) is 23.7 Å². The van der Waals surface area contributed by atoms with Crippen LogP contribution in [0.25, 0.3) is 11.3 Å². The zero-order valence-corrected chi connectivity index (χ0v) is 17.2. The summed E-state index contributed by atoms with van der Waals surface area (Å²) < 4.78 is 19.0. The number of nitrogens with zero attached hydrogens (tertiary/aromatic N) is 2. The first kappa shape index (κ1) is 20.7. The number of carbonyl (C=O) groups is 1. The molecule has 0 atom stereocenters. The Morgan fingerprint density at radius 3 is 2.74 bits per heavy atom. The summed E-state index contributed by atoms with van der Waals surface area (Å²) in [5, 5.41) is 2.98. The molecule has 1 aliphatic rings. The second kappa shape index (κ2) is 9.98. The Bertz CT molecular complexity index is 1080. The van der Waals surface area contributed by atoms with Crippen molar-refractivity contribution in [3.63, 3.8) is 0 Å². The molecule has 4 rings (SSSR count). The lowest BCUT2D eigenvalue weighted by molar-refractivity contribution is 0.0953. The third-order valence-corrected chi connectivity index (χ3v) is 5.22. The molecule has 5 nitrogen and oxygen atoms in total. The van der Waals surface area contributed by atoms with E-state index < -0.39 is 0 Å². The van der Waals surface area contributed by atoms with Crippen LogP contribution in [0.3, 0.4) is 0 Å². The van der Waals surface area contributed by atoms with Crippen LogP contribution < -0.4 is 10.1 Å². The van der Waals surface area contributed by atoms with E-state index in [0.717, 1.165) is 24.8 Å². The number of rotatable bonds is 7. The smallest absolute Gasteiger partial charge is 0.251 e. The fraction of sp³-hybridized carbons (Fsp3) is 0.240. The minimum Gasteiger partial charge on any atom is -0.439 e. The summed E-state index contributed by atoms with van der Waals surface area (Å²) in [7, 11) is 0. The Morgan fingerprint density at radius 1 is 1.06 bits per heavy atom. The summed E-state index contributed by atoms with van der Waals surface area (Å²) in [4.78, 5) is 20.9. The summed E-state index contributed by atoms with van der Waals surface area (Å²) in [6, 6.07) is 14.7. The molecule has 0 spiro atoms. The number of benzene rings is 2. The highest BCUT2D eigenvalue weighted by Gasteiger charge is 2.10. The van der Waals surface area contributed by atoms with Crippen LogP contribution in [0.2, 0.25) is 0 Å². The van der Waals surface area contributed by atoms with E-state index in [4.69, 9.17) is 4.74 Å². The van der Waals surface area contributed by atoms with E-state index in [1.54, 1.807) is 42.5 Å². The maximum atomic E-state index is 13.2. The van der Waals surface area contributed by atoms with Crippen molar-refractivity contribution in [1.82, 2.24) is 15.3 Å². The monoisotopic (exact) mass is 417 g/mol. The van der Waals surface area contributed by atoms with Gasteiger partial charge in [-0.3, -0.25) is 4.79 Å². The number of amides is 1. The van der Waals surface area contributed by atoms with Crippen LogP contribution in [-0.2, 0) is 0 Å². The summed E-state index contributed by atoms with van der Waals surface area (Å²) >= 11 is 0. The van der Waals surface area contributed by atoms with E-state index in [1.807, 2.05) is 0 Å². The van der Waals surface area contributed by atoms with E-state index in [-0.39, 0.29) is 11.7 Å². The molecule has 0 unspecified atom stereocenters. The van der Waals surface area contributed by atoms with Crippen molar-refractivity contribution in [2.45, 2.75) is 32.1 Å². The van der Waals surface area contributed by atoms with Gasteiger partial charge in [-0.05, 0) is 74.6 Å². The van der Waals surface area contributed by atoms with Gasteiger partial charge in [-0.1, -0.05) is 17.7 Å². The minimum atomic E-state index is -0.306. The van der Waals surface area contributed by atoms with Crippen LogP contribution in [0.1, 0.15) is 42.5 Å². The first-order chi connectivity index (χ1) is 15.2. The quantitative estimate of drug-likeness (QED) is 0.501. The molecule has 3 aromatic rings. The Hall–Kier alpha value is -3.54. The lowest BCUT2D eigenvalue weighted by Crippen LogP contribution is -2.24. The molecule has 31 heavy (non-hydrogen) atoms. The Labute approximate surface area is 181 Å². The number of carbonyl (C=O) groups excluding carboxylic acids is 1. The summed E-state index contributed by atoms with van der Waals surface area (Å²) in [5.41, 5.74) is 3.35. The first-order valence-corrected chi connectivity index (χ1v) is 10.5. The average Bonchev–Trinajstić information content (AvgIpc) is 2.80. The van der Waals surface area contributed by atoms with Gasteiger partial charge < -0.3 is 10.1 Å². The van der Waals surface area contributed by atoms with Crippen molar-refractivity contribution in [3.8, 4) is 22.9 Å². The summed E-state index contributed by atoms with van der Waals surface area (Å²) in [6.07, 6.45) is 9.38. The molecular weight excluding hydrogens is 393 g/mol. The summed E-state index contributed by atoms with van der Waals surface area (Å²) in [5.74, 6) is 0.416. The number of hydrogen-bond donors (Lipinski definition) is 1. The van der Waals surface area contributed by atoms with Crippen LogP contribution in [0.4, 0.5) is 4.39 Å². The first-order valence-electron chi connectivity index (χ1n) is 10.5. The van der Waals surface area contributed by atoms with Crippen molar-refractivity contribution >= 4 is 5.91 Å². The predicted octanol–water partition coefficient (Wildman–Crippen LogP) is 5.70. The molecule has 6 heteroatoms. The van der Waals surface area contributed by atoms with Gasteiger partial charge in [0.1, 0.15) is 17.9 Å². The fourth-order valence-corrected chi connectivity index (χ4v) is 3.57. The normalized spacial score (nSPS) is 13.4. The number of hydrogen-bond acceptors (Lipinski definition) is 4. The van der Waals surface area contributed by atoms with Crippen LogP contribution in [0, 0.1) is 5.82 Å². The molecule has 0 fully saturated rings. The van der Waals surface area contributed by atoms with E-state index >= 15 is 0 Å².